The van der Waals surface area contributed by atoms with Crippen LogP contribution in [0.25, 0.3) is 0 Å². The van der Waals surface area contributed by atoms with Crippen LogP contribution in [0.1, 0.15) is 18.1 Å². The van der Waals surface area contributed by atoms with Crippen molar-refractivity contribution >= 4 is 11.9 Å². The third kappa shape index (κ3) is 2.30. The highest BCUT2D eigenvalue weighted by atomic mass is 16.5. The summed E-state index contributed by atoms with van der Waals surface area (Å²) in [6.07, 6.45) is -0.279. The zero-order valence-electron chi connectivity index (χ0n) is 10.1. The predicted molar refractivity (Wildman–Crippen MR) is 64.1 cm³/mol. The molecule has 1 aromatic rings. The van der Waals surface area contributed by atoms with Gasteiger partial charge in [0.05, 0.1) is 7.11 Å². The number of carbonyl (C=O) groups excluding carboxylic acids is 1. The number of hydrogen-bond donors (Lipinski definition) is 0. The maximum Gasteiger partial charge on any atom is 0.334 e. The Balaban J connectivity index is 2.23. The minimum atomic E-state index is -0.559. The van der Waals surface area contributed by atoms with Crippen molar-refractivity contribution in [1.29, 1.82) is 0 Å². The molecule has 4 heteroatoms. The fraction of sp³-hybridized carbons (Fsp3) is 0.385. The van der Waals surface area contributed by atoms with Crippen LogP contribution in [0.3, 0.4) is 0 Å². The van der Waals surface area contributed by atoms with E-state index >= 15 is 0 Å². The van der Waals surface area contributed by atoms with E-state index < -0.39 is 6.04 Å². The summed E-state index contributed by atoms with van der Waals surface area (Å²) in [5.41, 5.74) is 2.05. The molecular weight excluding hydrogens is 218 g/mol. The molecule has 2 rings (SSSR count). The summed E-state index contributed by atoms with van der Waals surface area (Å²) in [6.45, 7) is 3.83. The van der Waals surface area contributed by atoms with Crippen molar-refractivity contribution in [3.8, 4) is 0 Å². The second kappa shape index (κ2) is 4.57. The van der Waals surface area contributed by atoms with Crippen LogP contribution in [0.5, 0.6) is 0 Å². The highest BCUT2D eigenvalue weighted by Gasteiger charge is 2.34. The van der Waals surface area contributed by atoms with E-state index in [4.69, 9.17) is 4.74 Å². The summed E-state index contributed by atoms with van der Waals surface area (Å²) in [7, 11) is 1.36. The van der Waals surface area contributed by atoms with E-state index in [1.54, 1.807) is 0 Å². The average molecular weight is 233 g/mol. The number of carbonyl (C=O) groups is 1. The van der Waals surface area contributed by atoms with E-state index in [1.807, 2.05) is 38.1 Å². The van der Waals surface area contributed by atoms with Crippen molar-refractivity contribution in [1.82, 2.24) is 0 Å². The Morgan fingerprint density at radius 3 is 2.59 bits per heavy atom. The van der Waals surface area contributed by atoms with Crippen molar-refractivity contribution in [3.05, 3.63) is 35.4 Å². The average Bonchev–Trinajstić information content (AvgIpc) is 2.71. The lowest BCUT2D eigenvalue weighted by molar-refractivity contribution is -0.143. The molecule has 1 heterocycles. The van der Waals surface area contributed by atoms with Gasteiger partial charge in [-0.2, -0.15) is 0 Å². The largest absolute Gasteiger partial charge is 0.472 e. The van der Waals surface area contributed by atoms with Crippen LogP contribution in [0.15, 0.2) is 29.3 Å². The van der Waals surface area contributed by atoms with Gasteiger partial charge in [0, 0.05) is 5.56 Å². The SMILES string of the molecule is COC(=O)[C@H]1N=C(c2ccc(C)cc2)O[C@@H]1C. The van der Waals surface area contributed by atoms with Gasteiger partial charge in [-0.05, 0) is 26.0 Å². The van der Waals surface area contributed by atoms with Crippen molar-refractivity contribution in [2.75, 3.05) is 7.11 Å². The molecule has 1 aromatic carbocycles. The molecule has 0 amide bonds. The molecule has 4 nitrogen and oxygen atoms in total. The standard InChI is InChI=1S/C13H15NO3/c1-8-4-6-10(7-5-8)12-14-11(9(2)17-12)13(15)16-3/h4-7,9,11H,1-3H3/t9-,11+/m1/s1. The summed E-state index contributed by atoms with van der Waals surface area (Å²) in [6, 6.07) is 7.27. The first-order valence-electron chi connectivity index (χ1n) is 5.51. The molecule has 0 aliphatic carbocycles. The second-order valence-corrected chi connectivity index (χ2v) is 4.09. The predicted octanol–water partition coefficient (Wildman–Crippen LogP) is 1.70. The molecule has 1 aliphatic rings. The Morgan fingerprint density at radius 2 is 2.00 bits per heavy atom. The Labute approximate surface area is 100 Å². The molecule has 0 radical (unpaired) electrons. The number of methoxy groups -OCH3 is 1. The summed E-state index contributed by atoms with van der Waals surface area (Å²) >= 11 is 0. The zero-order chi connectivity index (χ0) is 12.4. The van der Waals surface area contributed by atoms with Crippen molar-refractivity contribution in [3.63, 3.8) is 0 Å². The van der Waals surface area contributed by atoms with E-state index in [2.05, 4.69) is 9.73 Å². The van der Waals surface area contributed by atoms with Gasteiger partial charge in [-0.15, -0.1) is 0 Å². The van der Waals surface area contributed by atoms with Crippen LogP contribution >= 0.6 is 0 Å². The van der Waals surface area contributed by atoms with Gasteiger partial charge >= 0.3 is 5.97 Å². The maximum atomic E-state index is 11.4. The van der Waals surface area contributed by atoms with Gasteiger partial charge < -0.3 is 9.47 Å². The summed E-state index contributed by atoms with van der Waals surface area (Å²) in [5, 5.41) is 0. The fourth-order valence-corrected chi connectivity index (χ4v) is 1.71. The smallest absolute Gasteiger partial charge is 0.334 e. The van der Waals surface area contributed by atoms with E-state index in [-0.39, 0.29) is 12.1 Å². The second-order valence-electron chi connectivity index (χ2n) is 4.09. The first kappa shape index (κ1) is 11.6. The number of aliphatic imine (C=N–C) groups is 1. The number of nitrogens with zero attached hydrogens (tertiary/aromatic N) is 1. The van der Waals surface area contributed by atoms with Gasteiger partial charge in [0.15, 0.2) is 6.04 Å². The minimum Gasteiger partial charge on any atom is -0.472 e. The lowest BCUT2D eigenvalue weighted by atomic mass is 10.1. The number of rotatable bonds is 2. The highest BCUT2D eigenvalue weighted by molar-refractivity contribution is 5.98. The van der Waals surface area contributed by atoms with Crippen molar-refractivity contribution in [2.45, 2.75) is 26.0 Å². The van der Waals surface area contributed by atoms with Gasteiger partial charge in [0.2, 0.25) is 5.90 Å². The first-order valence-corrected chi connectivity index (χ1v) is 5.51. The van der Waals surface area contributed by atoms with Crippen LogP contribution in [-0.2, 0) is 14.3 Å². The maximum absolute atomic E-state index is 11.4. The molecule has 90 valence electrons. The Hall–Kier alpha value is -1.84. The van der Waals surface area contributed by atoms with Crippen LogP contribution < -0.4 is 0 Å². The van der Waals surface area contributed by atoms with E-state index in [0.717, 1.165) is 5.56 Å². The molecule has 0 saturated carbocycles. The van der Waals surface area contributed by atoms with Crippen LogP contribution in [-0.4, -0.2) is 31.1 Å². The molecule has 0 fully saturated rings. The first-order chi connectivity index (χ1) is 8.11. The molecule has 17 heavy (non-hydrogen) atoms. The van der Waals surface area contributed by atoms with Crippen molar-refractivity contribution < 1.29 is 14.3 Å². The third-order valence-corrected chi connectivity index (χ3v) is 2.74. The normalized spacial score (nSPS) is 22.9. The van der Waals surface area contributed by atoms with Gasteiger partial charge in [-0.3, -0.25) is 0 Å². The number of ether oxygens (including phenoxy) is 2. The summed E-state index contributed by atoms with van der Waals surface area (Å²) in [4.78, 5) is 15.7. The number of esters is 1. The summed E-state index contributed by atoms with van der Waals surface area (Å²) < 4.78 is 10.3. The Kier molecular flexibility index (Phi) is 3.13. The fourth-order valence-electron chi connectivity index (χ4n) is 1.71. The lowest BCUT2D eigenvalue weighted by Crippen LogP contribution is -2.28. The lowest BCUT2D eigenvalue weighted by Gasteiger charge is -2.10. The van der Waals surface area contributed by atoms with Crippen LogP contribution in [0.4, 0.5) is 0 Å². The third-order valence-electron chi connectivity index (χ3n) is 2.74. The molecule has 0 bridgehead atoms. The molecule has 0 spiro atoms. The van der Waals surface area contributed by atoms with Gasteiger partial charge in [0.1, 0.15) is 6.10 Å². The molecule has 0 unspecified atom stereocenters. The van der Waals surface area contributed by atoms with E-state index in [1.165, 1.54) is 12.7 Å². The topological polar surface area (TPSA) is 47.9 Å². The van der Waals surface area contributed by atoms with Crippen LogP contribution in [0, 0.1) is 6.92 Å². The quantitative estimate of drug-likeness (QED) is 0.730. The van der Waals surface area contributed by atoms with Gasteiger partial charge in [-0.1, -0.05) is 17.7 Å². The molecule has 2 atom stereocenters. The monoisotopic (exact) mass is 233 g/mol. The molecular formula is C13H15NO3. The molecule has 0 saturated heterocycles. The number of aryl methyl sites for hydroxylation is 1. The van der Waals surface area contributed by atoms with E-state index in [0.29, 0.717) is 5.90 Å². The molecule has 1 aliphatic heterocycles. The van der Waals surface area contributed by atoms with E-state index in [9.17, 15) is 4.79 Å². The summed E-state index contributed by atoms with van der Waals surface area (Å²) in [5.74, 6) is 0.146. The molecule has 0 N–H and O–H groups in total. The Bertz CT molecular complexity index is 450. The Morgan fingerprint density at radius 1 is 1.35 bits per heavy atom. The highest BCUT2D eigenvalue weighted by Crippen LogP contribution is 2.19. The van der Waals surface area contributed by atoms with Gasteiger partial charge in [0.25, 0.3) is 0 Å². The van der Waals surface area contributed by atoms with Crippen LogP contribution in [0.2, 0.25) is 0 Å². The zero-order valence-corrected chi connectivity index (χ0v) is 10.1. The minimum absolute atomic E-state index is 0.279. The number of hydrogen-bond acceptors (Lipinski definition) is 4. The van der Waals surface area contributed by atoms with Gasteiger partial charge in [-0.25, -0.2) is 9.79 Å². The molecule has 0 aromatic heterocycles. The van der Waals surface area contributed by atoms with Crippen molar-refractivity contribution in [2.24, 2.45) is 4.99 Å². The number of benzene rings is 1.